The molecule has 1 N–H and O–H groups in total. The SMILES string of the molecule is COc1ccc(NC(=O)C2CSCN2C(=O)c2ccc(SCc3csc(C)n3)cc2)cc1. The number of aryl methyl sites for hydroxylation is 1. The van der Waals surface area contributed by atoms with Crippen LogP contribution in [0.4, 0.5) is 5.69 Å². The van der Waals surface area contributed by atoms with E-state index in [0.717, 1.165) is 27.1 Å². The summed E-state index contributed by atoms with van der Waals surface area (Å²) in [7, 11) is 1.60. The molecule has 1 atom stereocenters. The first-order chi connectivity index (χ1) is 15.5. The lowest BCUT2D eigenvalue weighted by molar-refractivity contribution is -0.119. The largest absolute Gasteiger partial charge is 0.497 e. The van der Waals surface area contributed by atoms with Gasteiger partial charge in [0.15, 0.2) is 0 Å². The molecule has 1 fully saturated rings. The van der Waals surface area contributed by atoms with Crippen LogP contribution in [0.15, 0.2) is 58.8 Å². The maximum atomic E-state index is 13.1. The van der Waals surface area contributed by atoms with Crippen LogP contribution >= 0.6 is 34.9 Å². The summed E-state index contributed by atoms with van der Waals surface area (Å²) in [5.74, 6) is 2.29. The minimum Gasteiger partial charge on any atom is -0.497 e. The summed E-state index contributed by atoms with van der Waals surface area (Å²) in [4.78, 5) is 33.1. The number of nitrogens with one attached hydrogen (secondary N) is 1. The molecular formula is C23H23N3O3S3. The van der Waals surface area contributed by atoms with Gasteiger partial charge in [0, 0.05) is 33.0 Å². The second-order valence-electron chi connectivity index (χ2n) is 7.18. The average molecular weight is 486 g/mol. The summed E-state index contributed by atoms with van der Waals surface area (Å²) in [6, 6.07) is 14.2. The Hall–Kier alpha value is -2.49. The van der Waals surface area contributed by atoms with Gasteiger partial charge in [-0.2, -0.15) is 0 Å². The summed E-state index contributed by atoms with van der Waals surface area (Å²) in [5, 5.41) is 6.04. The molecule has 1 saturated heterocycles. The van der Waals surface area contributed by atoms with Crippen LogP contribution in [-0.4, -0.2) is 46.5 Å². The van der Waals surface area contributed by atoms with Crippen molar-refractivity contribution >= 4 is 52.4 Å². The number of ether oxygens (including phenoxy) is 1. The number of anilines is 1. The molecule has 0 aliphatic carbocycles. The number of amides is 2. The van der Waals surface area contributed by atoms with Crippen molar-refractivity contribution in [3.63, 3.8) is 0 Å². The fourth-order valence-corrected chi connectivity index (χ4v) is 5.91. The number of carbonyl (C=O) groups excluding carboxylic acids is 2. The first-order valence-electron chi connectivity index (χ1n) is 10.0. The third-order valence-electron chi connectivity index (χ3n) is 4.96. The molecular weight excluding hydrogens is 462 g/mol. The van der Waals surface area contributed by atoms with Crippen LogP contribution in [0.5, 0.6) is 5.75 Å². The molecule has 0 saturated carbocycles. The topological polar surface area (TPSA) is 71.5 Å². The van der Waals surface area contributed by atoms with Crippen molar-refractivity contribution in [2.24, 2.45) is 0 Å². The molecule has 1 aliphatic heterocycles. The van der Waals surface area contributed by atoms with Gasteiger partial charge in [-0.15, -0.1) is 34.9 Å². The van der Waals surface area contributed by atoms with Gasteiger partial charge in [-0.3, -0.25) is 9.59 Å². The van der Waals surface area contributed by atoms with E-state index in [0.29, 0.717) is 22.9 Å². The zero-order chi connectivity index (χ0) is 22.5. The Bertz CT molecular complexity index is 1080. The van der Waals surface area contributed by atoms with Crippen LogP contribution in [0.2, 0.25) is 0 Å². The quantitative estimate of drug-likeness (QED) is 0.480. The zero-order valence-electron chi connectivity index (χ0n) is 17.7. The van der Waals surface area contributed by atoms with Gasteiger partial charge < -0.3 is 15.0 Å². The number of aromatic nitrogens is 1. The van der Waals surface area contributed by atoms with Crippen molar-refractivity contribution in [2.75, 3.05) is 24.1 Å². The number of methoxy groups -OCH3 is 1. The van der Waals surface area contributed by atoms with Crippen LogP contribution in [0, 0.1) is 6.92 Å². The third kappa shape index (κ3) is 5.46. The molecule has 1 aliphatic rings. The monoisotopic (exact) mass is 485 g/mol. The van der Waals surface area contributed by atoms with Gasteiger partial charge in [0.2, 0.25) is 5.91 Å². The summed E-state index contributed by atoms with van der Waals surface area (Å²) in [6.07, 6.45) is 0. The van der Waals surface area contributed by atoms with Gasteiger partial charge in [0.1, 0.15) is 11.8 Å². The average Bonchev–Trinajstić information content (AvgIpc) is 3.47. The number of thiazole rings is 1. The Kier molecular flexibility index (Phi) is 7.39. The molecule has 2 heterocycles. The number of benzene rings is 2. The lowest BCUT2D eigenvalue weighted by Gasteiger charge is -2.23. The van der Waals surface area contributed by atoms with Crippen molar-refractivity contribution in [2.45, 2.75) is 23.6 Å². The number of hydrogen-bond donors (Lipinski definition) is 1. The Balaban J connectivity index is 1.37. The highest BCUT2D eigenvalue weighted by atomic mass is 32.2. The minimum atomic E-state index is -0.503. The van der Waals surface area contributed by atoms with E-state index in [1.165, 1.54) is 0 Å². The lowest BCUT2D eigenvalue weighted by Crippen LogP contribution is -2.44. The summed E-state index contributed by atoms with van der Waals surface area (Å²) < 4.78 is 5.15. The molecule has 0 spiro atoms. The van der Waals surface area contributed by atoms with Crippen molar-refractivity contribution in [1.29, 1.82) is 0 Å². The smallest absolute Gasteiger partial charge is 0.255 e. The summed E-state index contributed by atoms with van der Waals surface area (Å²) >= 11 is 4.92. The van der Waals surface area contributed by atoms with Gasteiger partial charge in [0.25, 0.3) is 5.91 Å². The molecule has 4 rings (SSSR count). The number of carbonyl (C=O) groups is 2. The normalized spacial score (nSPS) is 15.6. The molecule has 1 unspecified atom stereocenters. The Morgan fingerprint density at radius 1 is 1.19 bits per heavy atom. The predicted octanol–water partition coefficient (Wildman–Crippen LogP) is 4.91. The maximum absolute atomic E-state index is 13.1. The van der Waals surface area contributed by atoms with Gasteiger partial charge in [0.05, 0.1) is 23.7 Å². The number of nitrogens with zero attached hydrogens (tertiary/aromatic N) is 2. The Labute approximate surface area is 199 Å². The van der Waals surface area contributed by atoms with Crippen LogP contribution in [-0.2, 0) is 10.5 Å². The second-order valence-corrected chi connectivity index (χ2v) is 10.3. The van der Waals surface area contributed by atoms with Crippen molar-refractivity contribution in [3.8, 4) is 5.75 Å². The standard InChI is InChI=1S/C23H23N3O3S3/c1-15-24-18(11-31-15)12-32-20-9-3-16(4-10-20)23(28)26-14-30-13-21(26)22(27)25-17-5-7-19(29-2)8-6-17/h3-11,21H,12-14H2,1-2H3,(H,25,27). The van der Waals surface area contributed by atoms with E-state index < -0.39 is 6.04 Å². The van der Waals surface area contributed by atoms with Gasteiger partial charge in [-0.1, -0.05) is 0 Å². The van der Waals surface area contributed by atoms with Gasteiger partial charge in [-0.05, 0) is 55.5 Å². The van der Waals surface area contributed by atoms with Gasteiger partial charge >= 0.3 is 0 Å². The third-order valence-corrected chi connectivity index (χ3v) is 7.84. The first kappa shape index (κ1) is 22.7. The van der Waals surface area contributed by atoms with E-state index in [9.17, 15) is 9.59 Å². The van der Waals surface area contributed by atoms with Crippen LogP contribution in [0.3, 0.4) is 0 Å². The molecule has 32 heavy (non-hydrogen) atoms. The Morgan fingerprint density at radius 3 is 2.59 bits per heavy atom. The van der Waals surface area contributed by atoms with E-state index in [4.69, 9.17) is 4.74 Å². The molecule has 166 valence electrons. The number of hydrogen-bond acceptors (Lipinski definition) is 7. The van der Waals surface area contributed by atoms with Crippen LogP contribution < -0.4 is 10.1 Å². The maximum Gasteiger partial charge on any atom is 0.255 e. The van der Waals surface area contributed by atoms with E-state index in [1.54, 1.807) is 71.1 Å². The molecule has 3 aromatic rings. The highest BCUT2D eigenvalue weighted by molar-refractivity contribution is 7.99. The van der Waals surface area contributed by atoms with Crippen LogP contribution in [0.1, 0.15) is 21.1 Å². The van der Waals surface area contributed by atoms with Crippen molar-refractivity contribution in [1.82, 2.24) is 9.88 Å². The lowest BCUT2D eigenvalue weighted by atomic mass is 10.1. The summed E-state index contributed by atoms with van der Waals surface area (Å²) in [6.45, 7) is 2.00. The zero-order valence-corrected chi connectivity index (χ0v) is 20.2. The molecule has 0 radical (unpaired) electrons. The number of thioether (sulfide) groups is 2. The molecule has 2 amide bonds. The van der Waals surface area contributed by atoms with E-state index in [-0.39, 0.29) is 11.8 Å². The molecule has 0 bridgehead atoms. The van der Waals surface area contributed by atoms with Crippen molar-refractivity contribution in [3.05, 3.63) is 70.2 Å². The highest BCUT2D eigenvalue weighted by Crippen LogP contribution is 2.27. The molecule has 1 aromatic heterocycles. The summed E-state index contributed by atoms with van der Waals surface area (Å²) in [5.41, 5.74) is 2.33. The van der Waals surface area contributed by atoms with E-state index >= 15 is 0 Å². The minimum absolute atomic E-state index is 0.128. The van der Waals surface area contributed by atoms with Crippen molar-refractivity contribution < 1.29 is 14.3 Å². The van der Waals surface area contributed by atoms with Gasteiger partial charge in [-0.25, -0.2) is 4.98 Å². The first-order valence-corrected chi connectivity index (χ1v) is 13.0. The fourth-order valence-electron chi connectivity index (χ4n) is 3.25. The van der Waals surface area contributed by atoms with Crippen LogP contribution in [0.25, 0.3) is 0 Å². The fraction of sp³-hybridized carbons (Fsp3) is 0.261. The molecule has 2 aromatic carbocycles. The van der Waals surface area contributed by atoms with E-state index in [1.807, 2.05) is 31.2 Å². The van der Waals surface area contributed by atoms with E-state index in [2.05, 4.69) is 15.7 Å². The molecule has 6 nitrogen and oxygen atoms in total. The second kappa shape index (κ2) is 10.4. The highest BCUT2D eigenvalue weighted by Gasteiger charge is 2.35. The molecule has 9 heteroatoms. The number of rotatable bonds is 7. The predicted molar refractivity (Wildman–Crippen MR) is 132 cm³/mol. The Morgan fingerprint density at radius 2 is 1.94 bits per heavy atom.